The fourth-order valence-electron chi connectivity index (χ4n) is 2.23. The van der Waals surface area contributed by atoms with Crippen LogP contribution in [0.1, 0.15) is 31.4 Å². The molecule has 0 bridgehead atoms. The zero-order chi connectivity index (χ0) is 12.3. The highest BCUT2D eigenvalue weighted by molar-refractivity contribution is 5.22. The summed E-state index contributed by atoms with van der Waals surface area (Å²) in [4.78, 5) is 0. The Labute approximate surface area is 100.0 Å². The van der Waals surface area contributed by atoms with Gasteiger partial charge < -0.3 is 10.1 Å². The first-order valence-electron chi connectivity index (χ1n) is 5.96. The molecule has 0 aliphatic carbocycles. The van der Waals surface area contributed by atoms with E-state index in [9.17, 15) is 8.78 Å². The van der Waals surface area contributed by atoms with Gasteiger partial charge in [0.25, 0.3) is 0 Å². The minimum absolute atomic E-state index is 0.124. The minimum Gasteiger partial charge on any atom is -0.381 e. The molecule has 1 saturated heterocycles. The van der Waals surface area contributed by atoms with E-state index in [0.29, 0.717) is 13.2 Å². The van der Waals surface area contributed by atoms with Crippen LogP contribution in [0.5, 0.6) is 0 Å². The molecule has 1 unspecified atom stereocenters. The second kappa shape index (κ2) is 5.56. The Morgan fingerprint density at radius 2 is 1.82 bits per heavy atom. The van der Waals surface area contributed by atoms with Crippen LogP contribution >= 0.6 is 0 Å². The predicted octanol–water partition coefficient (Wildman–Crippen LogP) is 2.79. The summed E-state index contributed by atoms with van der Waals surface area (Å²) < 4.78 is 32.3. The van der Waals surface area contributed by atoms with Crippen LogP contribution in [-0.4, -0.2) is 19.3 Å². The number of rotatable bonds is 3. The highest BCUT2D eigenvalue weighted by Crippen LogP contribution is 2.22. The standard InChI is InChI=1S/C13H17F2NO/c1-9(16-10-5-7-17-8-6-10)13-11(14)3-2-4-12(13)15/h2-4,9-10,16H,5-8H2,1H3. The smallest absolute Gasteiger partial charge is 0.130 e. The van der Waals surface area contributed by atoms with Crippen molar-refractivity contribution in [3.05, 3.63) is 35.4 Å². The maximum atomic E-state index is 13.6. The second-order valence-corrected chi connectivity index (χ2v) is 4.41. The van der Waals surface area contributed by atoms with E-state index >= 15 is 0 Å². The van der Waals surface area contributed by atoms with Crippen LogP contribution in [0.4, 0.5) is 8.78 Å². The minimum atomic E-state index is -0.489. The van der Waals surface area contributed by atoms with E-state index in [1.54, 1.807) is 6.92 Å². The molecule has 1 fully saturated rings. The van der Waals surface area contributed by atoms with Crippen molar-refractivity contribution in [2.75, 3.05) is 13.2 Å². The van der Waals surface area contributed by atoms with Crippen molar-refractivity contribution in [1.82, 2.24) is 5.32 Å². The molecule has 94 valence electrons. The Morgan fingerprint density at radius 1 is 1.24 bits per heavy atom. The van der Waals surface area contributed by atoms with Gasteiger partial charge >= 0.3 is 0 Å². The third kappa shape index (κ3) is 3.01. The topological polar surface area (TPSA) is 21.3 Å². The van der Waals surface area contributed by atoms with E-state index in [2.05, 4.69) is 5.32 Å². The number of ether oxygens (including phenoxy) is 1. The molecule has 4 heteroatoms. The summed E-state index contributed by atoms with van der Waals surface area (Å²) in [5.41, 5.74) is 0.124. The molecule has 1 N–H and O–H groups in total. The third-order valence-electron chi connectivity index (χ3n) is 3.14. The lowest BCUT2D eigenvalue weighted by Gasteiger charge is -2.27. The van der Waals surface area contributed by atoms with E-state index in [1.165, 1.54) is 18.2 Å². The first kappa shape index (κ1) is 12.5. The van der Waals surface area contributed by atoms with Gasteiger partial charge in [-0.15, -0.1) is 0 Å². The lowest BCUT2D eigenvalue weighted by atomic mass is 10.0. The Morgan fingerprint density at radius 3 is 2.41 bits per heavy atom. The Hall–Kier alpha value is -1.00. The van der Waals surface area contributed by atoms with Crippen LogP contribution in [0.2, 0.25) is 0 Å². The molecule has 0 saturated carbocycles. The fraction of sp³-hybridized carbons (Fsp3) is 0.538. The van der Waals surface area contributed by atoms with Gasteiger partial charge in [-0.05, 0) is 31.9 Å². The van der Waals surface area contributed by atoms with E-state index in [4.69, 9.17) is 4.74 Å². The third-order valence-corrected chi connectivity index (χ3v) is 3.14. The van der Waals surface area contributed by atoms with Crippen LogP contribution in [0.25, 0.3) is 0 Å². The Balaban J connectivity index is 2.05. The SMILES string of the molecule is CC(NC1CCOCC1)c1c(F)cccc1F. The Kier molecular flexibility index (Phi) is 4.07. The molecule has 1 heterocycles. The molecule has 0 spiro atoms. The van der Waals surface area contributed by atoms with Gasteiger partial charge in [0.05, 0.1) is 0 Å². The fourth-order valence-corrected chi connectivity index (χ4v) is 2.23. The summed E-state index contributed by atoms with van der Waals surface area (Å²) in [6, 6.07) is 3.92. The van der Waals surface area contributed by atoms with E-state index in [-0.39, 0.29) is 17.6 Å². The van der Waals surface area contributed by atoms with Gasteiger partial charge in [0.2, 0.25) is 0 Å². The van der Waals surface area contributed by atoms with Gasteiger partial charge in [0, 0.05) is 30.9 Å². The van der Waals surface area contributed by atoms with Crippen molar-refractivity contribution in [3.8, 4) is 0 Å². The van der Waals surface area contributed by atoms with Gasteiger partial charge in [-0.1, -0.05) is 6.07 Å². The average molecular weight is 241 g/mol. The molecule has 1 aromatic rings. The highest BCUT2D eigenvalue weighted by Gasteiger charge is 2.20. The predicted molar refractivity (Wildman–Crippen MR) is 61.7 cm³/mol. The number of halogens is 2. The molecule has 2 rings (SSSR count). The molecular weight excluding hydrogens is 224 g/mol. The summed E-state index contributed by atoms with van der Waals surface area (Å²) in [6.45, 7) is 3.21. The van der Waals surface area contributed by atoms with E-state index in [1.807, 2.05) is 0 Å². The molecule has 1 aromatic carbocycles. The first-order chi connectivity index (χ1) is 8.18. The second-order valence-electron chi connectivity index (χ2n) is 4.41. The van der Waals surface area contributed by atoms with Crippen LogP contribution in [0.15, 0.2) is 18.2 Å². The molecule has 0 radical (unpaired) electrons. The monoisotopic (exact) mass is 241 g/mol. The number of nitrogens with one attached hydrogen (secondary N) is 1. The molecule has 1 atom stereocenters. The first-order valence-corrected chi connectivity index (χ1v) is 5.96. The molecule has 1 aliphatic rings. The van der Waals surface area contributed by atoms with E-state index in [0.717, 1.165) is 12.8 Å². The summed E-state index contributed by atoms with van der Waals surface area (Å²) >= 11 is 0. The highest BCUT2D eigenvalue weighted by atomic mass is 19.1. The van der Waals surface area contributed by atoms with Crippen molar-refractivity contribution in [2.24, 2.45) is 0 Å². The van der Waals surface area contributed by atoms with Gasteiger partial charge in [0.1, 0.15) is 11.6 Å². The molecule has 1 aliphatic heterocycles. The van der Waals surface area contributed by atoms with Gasteiger partial charge in [-0.25, -0.2) is 8.78 Å². The van der Waals surface area contributed by atoms with Gasteiger partial charge in [-0.3, -0.25) is 0 Å². The lowest BCUT2D eigenvalue weighted by Crippen LogP contribution is -2.37. The van der Waals surface area contributed by atoms with Crippen molar-refractivity contribution < 1.29 is 13.5 Å². The van der Waals surface area contributed by atoms with Crippen molar-refractivity contribution >= 4 is 0 Å². The van der Waals surface area contributed by atoms with Gasteiger partial charge in [-0.2, -0.15) is 0 Å². The summed E-state index contributed by atoms with van der Waals surface area (Å²) in [5.74, 6) is -0.978. The molecule has 2 nitrogen and oxygen atoms in total. The quantitative estimate of drug-likeness (QED) is 0.878. The largest absolute Gasteiger partial charge is 0.381 e. The van der Waals surface area contributed by atoms with E-state index < -0.39 is 11.6 Å². The normalized spacial score (nSPS) is 19.2. The van der Waals surface area contributed by atoms with Crippen molar-refractivity contribution in [1.29, 1.82) is 0 Å². The lowest BCUT2D eigenvalue weighted by molar-refractivity contribution is 0.0752. The summed E-state index contributed by atoms with van der Waals surface area (Å²) in [5, 5.41) is 3.26. The van der Waals surface area contributed by atoms with Crippen LogP contribution in [-0.2, 0) is 4.74 Å². The maximum Gasteiger partial charge on any atom is 0.130 e. The zero-order valence-electron chi connectivity index (χ0n) is 9.88. The summed E-state index contributed by atoms with van der Waals surface area (Å²) in [7, 11) is 0. The molecule has 0 amide bonds. The molecule has 17 heavy (non-hydrogen) atoms. The molecular formula is C13H17F2NO. The number of benzene rings is 1. The number of hydrogen-bond donors (Lipinski definition) is 1. The maximum absolute atomic E-state index is 13.6. The summed E-state index contributed by atoms with van der Waals surface area (Å²) in [6.07, 6.45) is 1.78. The van der Waals surface area contributed by atoms with Crippen molar-refractivity contribution in [3.63, 3.8) is 0 Å². The average Bonchev–Trinajstić information content (AvgIpc) is 2.30. The van der Waals surface area contributed by atoms with Crippen LogP contribution < -0.4 is 5.32 Å². The zero-order valence-corrected chi connectivity index (χ0v) is 9.88. The van der Waals surface area contributed by atoms with Gasteiger partial charge in [0.15, 0.2) is 0 Å². The molecule has 0 aromatic heterocycles. The Bertz CT molecular complexity index is 357. The van der Waals surface area contributed by atoms with Crippen LogP contribution in [0, 0.1) is 11.6 Å². The number of hydrogen-bond acceptors (Lipinski definition) is 2. The van der Waals surface area contributed by atoms with Crippen molar-refractivity contribution in [2.45, 2.75) is 31.8 Å². The van der Waals surface area contributed by atoms with Crippen LogP contribution in [0.3, 0.4) is 0 Å².